The molecule has 0 N–H and O–H groups in total. The van der Waals surface area contributed by atoms with Crippen LogP contribution in [0, 0.1) is 6.92 Å². The maximum absolute atomic E-state index is 12.8. The Morgan fingerprint density at radius 1 is 0.970 bits per heavy atom. The summed E-state index contributed by atoms with van der Waals surface area (Å²) < 4.78 is 7.30. The predicted molar refractivity (Wildman–Crippen MR) is 131 cm³/mol. The van der Waals surface area contributed by atoms with E-state index >= 15 is 0 Å². The number of nitrogens with zero attached hydrogens (tertiary/aromatic N) is 5. The fourth-order valence-electron chi connectivity index (χ4n) is 3.93. The van der Waals surface area contributed by atoms with Crippen molar-refractivity contribution < 1.29 is 9.53 Å². The highest BCUT2D eigenvalue weighted by Crippen LogP contribution is 2.20. The van der Waals surface area contributed by atoms with Crippen molar-refractivity contribution in [1.29, 1.82) is 0 Å². The van der Waals surface area contributed by atoms with Gasteiger partial charge in [-0.25, -0.2) is 0 Å². The van der Waals surface area contributed by atoms with E-state index in [1.807, 2.05) is 42.2 Å². The minimum Gasteiger partial charge on any atom is -0.497 e. The van der Waals surface area contributed by atoms with Crippen molar-refractivity contribution >= 4 is 17.7 Å². The third-order valence-electron chi connectivity index (χ3n) is 6.01. The first kappa shape index (κ1) is 23.3. The molecular weight excluding hydrogens is 434 g/mol. The van der Waals surface area contributed by atoms with Gasteiger partial charge in [0.15, 0.2) is 5.16 Å². The zero-order valence-corrected chi connectivity index (χ0v) is 20.1. The number of hydrogen-bond donors (Lipinski definition) is 0. The van der Waals surface area contributed by atoms with Crippen molar-refractivity contribution in [3.05, 3.63) is 71.5 Å². The molecule has 0 unspecified atom stereocenters. The number of carbonyl (C=O) groups excluding carboxylic acids is 1. The van der Waals surface area contributed by atoms with E-state index in [2.05, 4.69) is 43.9 Å². The van der Waals surface area contributed by atoms with Gasteiger partial charge in [0.2, 0.25) is 5.91 Å². The van der Waals surface area contributed by atoms with Gasteiger partial charge in [0.1, 0.15) is 11.6 Å². The minimum atomic E-state index is 0.168. The SMILES string of the molecule is COc1ccc(CCN2CCN(C(=O)CSc3nnc(C)n3Cc3ccccc3)CC2)cc1. The van der Waals surface area contributed by atoms with E-state index in [-0.39, 0.29) is 5.91 Å². The number of rotatable bonds is 9. The minimum absolute atomic E-state index is 0.168. The predicted octanol–water partition coefficient (Wildman–Crippen LogP) is 3.12. The van der Waals surface area contributed by atoms with Crippen molar-refractivity contribution in [2.24, 2.45) is 0 Å². The molecule has 1 aliphatic rings. The highest BCUT2D eigenvalue weighted by Gasteiger charge is 2.22. The summed E-state index contributed by atoms with van der Waals surface area (Å²) in [6, 6.07) is 18.5. The summed E-state index contributed by atoms with van der Waals surface area (Å²) in [7, 11) is 1.69. The van der Waals surface area contributed by atoms with E-state index in [0.29, 0.717) is 12.3 Å². The van der Waals surface area contributed by atoms with Gasteiger partial charge in [-0.2, -0.15) is 0 Å². The first-order valence-corrected chi connectivity index (χ1v) is 12.3. The summed E-state index contributed by atoms with van der Waals surface area (Å²) in [6.45, 7) is 7.04. The highest BCUT2D eigenvalue weighted by molar-refractivity contribution is 7.99. The lowest BCUT2D eigenvalue weighted by Gasteiger charge is -2.34. The van der Waals surface area contributed by atoms with Gasteiger partial charge < -0.3 is 14.2 Å². The average molecular weight is 466 g/mol. The molecule has 0 spiro atoms. The first-order chi connectivity index (χ1) is 16.1. The van der Waals surface area contributed by atoms with Crippen LogP contribution in [0.3, 0.4) is 0 Å². The van der Waals surface area contributed by atoms with Crippen molar-refractivity contribution in [2.75, 3.05) is 45.6 Å². The number of aromatic nitrogens is 3. The molecule has 8 heteroatoms. The van der Waals surface area contributed by atoms with Crippen LogP contribution in [0.5, 0.6) is 5.75 Å². The van der Waals surface area contributed by atoms with E-state index < -0.39 is 0 Å². The Morgan fingerprint density at radius 3 is 2.39 bits per heavy atom. The Morgan fingerprint density at radius 2 is 1.70 bits per heavy atom. The fourth-order valence-corrected chi connectivity index (χ4v) is 4.82. The number of piperazine rings is 1. The summed E-state index contributed by atoms with van der Waals surface area (Å²) in [5.74, 6) is 2.30. The Kier molecular flexibility index (Phi) is 8.01. The van der Waals surface area contributed by atoms with Gasteiger partial charge in [0.25, 0.3) is 0 Å². The van der Waals surface area contributed by atoms with Gasteiger partial charge >= 0.3 is 0 Å². The van der Waals surface area contributed by atoms with Crippen molar-refractivity contribution in [1.82, 2.24) is 24.6 Å². The second-order valence-electron chi connectivity index (χ2n) is 8.21. The molecule has 2 aromatic carbocycles. The maximum Gasteiger partial charge on any atom is 0.233 e. The number of thioether (sulfide) groups is 1. The Hall–Kier alpha value is -2.84. The second-order valence-corrected chi connectivity index (χ2v) is 9.15. The zero-order chi connectivity index (χ0) is 23.0. The summed E-state index contributed by atoms with van der Waals surface area (Å²) in [6.07, 6.45) is 1.00. The number of benzene rings is 2. The van der Waals surface area contributed by atoms with Crippen LogP contribution in [0.2, 0.25) is 0 Å². The quantitative estimate of drug-likeness (QED) is 0.453. The molecule has 174 valence electrons. The third-order valence-corrected chi connectivity index (χ3v) is 6.96. The maximum atomic E-state index is 12.8. The molecule has 1 aliphatic heterocycles. The Bertz CT molecular complexity index is 1030. The number of aryl methyl sites for hydroxylation is 1. The molecule has 3 aromatic rings. The summed E-state index contributed by atoms with van der Waals surface area (Å²) in [4.78, 5) is 17.2. The van der Waals surface area contributed by atoms with Crippen LogP contribution in [0.1, 0.15) is 17.0 Å². The van der Waals surface area contributed by atoms with Crippen LogP contribution in [0.4, 0.5) is 0 Å². The molecule has 7 nitrogen and oxygen atoms in total. The number of amides is 1. The molecule has 0 saturated carbocycles. The number of ether oxygens (including phenoxy) is 1. The lowest BCUT2D eigenvalue weighted by molar-refractivity contribution is -0.130. The first-order valence-electron chi connectivity index (χ1n) is 11.3. The van der Waals surface area contributed by atoms with Crippen molar-refractivity contribution in [3.8, 4) is 5.75 Å². The van der Waals surface area contributed by atoms with Gasteiger partial charge in [-0.1, -0.05) is 54.2 Å². The van der Waals surface area contributed by atoms with E-state index in [4.69, 9.17) is 4.74 Å². The van der Waals surface area contributed by atoms with Crippen LogP contribution in [0.15, 0.2) is 59.8 Å². The molecule has 0 aliphatic carbocycles. The van der Waals surface area contributed by atoms with Crippen molar-refractivity contribution in [3.63, 3.8) is 0 Å². The molecule has 2 heterocycles. The van der Waals surface area contributed by atoms with E-state index in [0.717, 1.165) is 55.9 Å². The van der Waals surface area contributed by atoms with Crippen LogP contribution in [0.25, 0.3) is 0 Å². The highest BCUT2D eigenvalue weighted by atomic mass is 32.2. The third kappa shape index (κ3) is 6.36. The molecular formula is C25H31N5O2S. The molecule has 33 heavy (non-hydrogen) atoms. The molecule has 0 atom stereocenters. The Labute approximate surface area is 199 Å². The fraction of sp³-hybridized carbons (Fsp3) is 0.400. The summed E-state index contributed by atoms with van der Waals surface area (Å²) in [5, 5.41) is 9.31. The van der Waals surface area contributed by atoms with E-state index in [1.54, 1.807) is 7.11 Å². The number of hydrogen-bond acceptors (Lipinski definition) is 6. The van der Waals surface area contributed by atoms with Crippen LogP contribution < -0.4 is 4.74 Å². The molecule has 0 radical (unpaired) electrons. The topological polar surface area (TPSA) is 63.5 Å². The smallest absolute Gasteiger partial charge is 0.233 e. The van der Waals surface area contributed by atoms with Crippen molar-refractivity contribution in [2.45, 2.75) is 25.0 Å². The monoisotopic (exact) mass is 465 g/mol. The number of methoxy groups -OCH3 is 1. The summed E-state index contributed by atoms with van der Waals surface area (Å²) >= 11 is 1.47. The molecule has 1 amide bonds. The second kappa shape index (κ2) is 11.3. The molecule has 1 aromatic heterocycles. The largest absolute Gasteiger partial charge is 0.497 e. The normalized spacial score (nSPS) is 14.4. The van der Waals surface area contributed by atoms with E-state index in [1.165, 1.54) is 22.9 Å². The van der Waals surface area contributed by atoms with Crippen LogP contribution in [-0.2, 0) is 17.8 Å². The molecule has 4 rings (SSSR count). The zero-order valence-electron chi connectivity index (χ0n) is 19.3. The van der Waals surface area contributed by atoms with Gasteiger partial charge in [-0.3, -0.25) is 9.69 Å². The Balaban J connectivity index is 1.22. The molecule has 1 fully saturated rings. The molecule has 0 bridgehead atoms. The van der Waals surface area contributed by atoms with Crippen LogP contribution >= 0.6 is 11.8 Å². The number of carbonyl (C=O) groups is 1. The summed E-state index contributed by atoms with van der Waals surface area (Å²) in [5.41, 5.74) is 2.50. The van der Waals surface area contributed by atoms with Crippen LogP contribution in [-0.4, -0.2) is 76.1 Å². The average Bonchev–Trinajstić information content (AvgIpc) is 3.21. The van der Waals surface area contributed by atoms with Gasteiger partial charge in [-0.15, -0.1) is 10.2 Å². The van der Waals surface area contributed by atoms with Gasteiger partial charge in [0, 0.05) is 32.7 Å². The van der Waals surface area contributed by atoms with E-state index in [9.17, 15) is 4.79 Å². The lowest BCUT2D eigenvalue weighted by atomic mass is 10.1. The lowest BCUT2D eigenvalue weighted by Crippen LogP contribution is -2.49. The standard InChI is InChI=1S/C25H31N5O2S/c1-20-26-27-25(30(20)18-22-6-4-3-5-7-22)33-19-24(31)29-16-14-28(15-17-29)13-12-21-8-10-23(32-2)11-9-21/h3-11H,12-19H2,1-2H3. The van der Waals surface area contributed by atoms with Gasteiger partial charge in [0.05, 0.1) is 19.4 Å². The molecule has 1 saturated heterocycles. The van der Waals surface area contributed by atoms with Gasteiger partial charge in [-0.05, 0) is 36.6 Å².